The number of phenols is 4. The Morgan fingerprint density at radius 3 is 1.85 bits per heavy atom. The summed E-state index contributed by atoms with van der Waals surface area (Å²) >= 11 is 0. The maximum Gasteiger partial charge on any atom is 0.302 e. The largest absolute Gasteiger partial charge is 0.505 e. The van der Waals surface area contributed by atoms with Crippen molar-refractivity contribution in [2.45, 2.75) is 9.79 Å². The van der Waals surface area contributed by atoms with E-state index in [0.29, 0.717) is 6.07 Å². The molecule has 11 nitrogen and oxygen atoms in total. The summed E-state index contributed by atoms with van der Waals surface area (Å²) in [5, 5.41) is 38.7. The second-order valence-corrected chi connectivity index (χ2v) is 7.69. The van der Waals surface area contributed by atoms with E-state index in [4.69, 9.17) is 9.11 Å². The second-order valence-electron chi connectivity index (χ2n) is 4.91. The van der Waals surface area contributed by atoms with Gasteiger partial charge >= 0.3 is 10.1 Å². The number of rotatable bonds is 4. The van der Waals surface area contributed by atoms with E-state index in [9.17, 15) is 42.1 Å². The highest BCUT2D eigenvalue weighted by Gasteiger charge is 2.34. The molecule has 2 aromatic rings. The van der Waals surface area contributed by atoms with E-state index < -0.39 is 69.9 Å². The molecule has 0 heterocycles. The molecule has 0 saturated heterocycles. The molecule has 2 aromatic carbocycles. The number of aromatic hydroxyl groups is 4. The molecule has 0 aliphatic rings. The van der Waals surface area contributed by atoms with E-state index in [1.54, 1.807) is 0 Å². The van der Waals surface area contributed by atoms with E-state index in [1.165, 1.54) is 0 Å². The predicted molar refractivity (Wildman–Crippen MR) is 82.6 cm³/mol. The molecule has 0 aromatic heterocycles. The van der Waals surface area contributed by atoms with Gasteiger partial charge in [-0.05, 0) is 12.1 Å². The van der Waals surface area contributed by atoms with E-state index in [2.05, 4.69) is 0 Å². The third-order valence-electron chi connectivity index (χ3n) is 3.23. The van der Waals surface area contributed by atoms with Gasteiger partial charge in [0, 0.05) is 5.56 Å². The van der Waals surface area contributed by atoms with Crippen LogP contribution in [0, 0.1) is 0 Å². The number of hydrogen-bond donors (Lipinski definition) is 6. The Balaban J connectivity index is 2.82. The van der Waals surface area contributed by atoms with E-state index >= 15 is 0 Å². The Hall–Kier alpha value is -2.87. The minimum atomic E-state index is -5.33. The van der Waals surface area contributed by atoms with Gasteiger partial charge in [0.25, 0.3) is 10.1 Å². The third-order valence-corrected chi connectivity index (χ3v) is 4.98. The predicted octanol–water partition coefficient (Wildman–Crippen LogP) is 0.233. The summed E-state index contributed by atoms with van der Waals surface area (Å²) < 4.78 is 62.8. The Labute approximate surface area is 145 Å². The van der Waals surface area contributed by atoms with Gasteiger partial charge in [-0.1, -0.05) is 12.1 Å². The van der Waals surface area contributed by atoms with Crippen molar-refractivity contribution in [3.8, 4) is 23.0 Å². The summed E-state index contributed by atoms with van der Waals surface area (Å²) in [6, 6.07) is 3.58. The fourth-order valence-electron chi connectivity index (χ4n) is 2.08. The number of benzene rings is 2. The monoisotopic (exact) mass is 406 g/mol. The van der Waals surface area contributed by atoms with Crippen molar-refractivity contribution in [3.63, 3.8) is 0 Å². The highest BCUT2D eigenvalue weighted by Crippen LogP contribution is 2.49. The van der Waals surface area contributed by atoms with Crippen LogP contribution in [0.4, 0.5) is 0 Å². The van der Waals surface area contributed by atoms with Crippen molar-refractivity contribution in [2.75, 3.05) is 0 Å². The van der Waals surface area contributed by atoms with Gasteiger partial charge in [-0.25, -0.2) is 0 Å². The zero-order valence-corrected chi connectivity index (χ0v) is 14.0. The molecule has 140 valence electrons. The summed E-state index contributed by atoms with van der Waals surface area (Å²) in [5.41, 5.74) is -1.78. The molecule has 0 fully saturated rings. The Morgan fingerprint density at radius 1 is 0.769 bits per heavy atom. The average Bonchev–Trinajstić information content (AvgIpc) is 2.51. The van der Waals surface area contributed by atoms with Crippen molar-refractivity contribution in [1.82, 2.24) is 0 Å². The normalized spacial score (nSPS) is 12.1. The zero-order chi connectivity index (χ0) is 20.0. The molecule has 26 heavy (non-hydrogen) atoms. The molecule has 13 heteroatoms. The third kappa shape index (κ3) is 3.28. The number of phenolic OH excluding ortho intramolecular Hbond substituents is 4. The first-order chi connectivity index (χ1) is 11.8. The Kier molecular flexibility index (Phi) is 4.59. The van der Waals surface area contributed by atoms with Gasteiger partial charge in [0.2, 0.25) is 11.5 Å². The minimum Gasteiger partial charge on any atom is -0.505 e. The van der Waals surface area contributed by atoms with Crippen molar-refractivity contribution in [3.05, 3.63) is 35.4 Å². The number of carbonyl (C=O) groups is 1. The second kappa shape index (κ2) is 6.14. The standard InChI is InChI=1S/C13H10O11S2/c14-8(5-2-1-3-6(4-5)25(19,20)21)7-9(15)11(17)12(18)13(10(7)16)26(22,23)24/h1-4,15-18H,(H,19,20,21)(H,22,23,24). The number of ketones is 1. The number of hydrogen-bond acceptors (Lipinski definition) is 9. The molecular formula is C13H10O11S2. The van der Waals surface area contributed by atoms with Crippen LogP contribution in [0.1, 0.15) is 15.9 Å². The highest BCUT2D eigenvalue weighted by atomic mass is 32.2. The lowest BCUT2D eigenvalue weighted by atomic mass is 10.0. The van der Waals surface area contributed by atoms with Crippen LogP contribution in [-0.4, -0.2) is 52.2 Å². The lowest BCUT2D eigenvalue weighted by molar-refractivity contribution is 0.103. The molecular weight excluding hydrogens is 396 g/mol. The molecule has 2 rings (SSSR count). The molecule has 0 bridgehead atoms. The highest BCUT2D eigenvalue weighted by molar-refractivity contribution is 7.86. The fraction of sp³-hybridized carbons (Fsp3) is 0. The first-order valence-corrected chi connectivity index (χ1v) is 9.24. The molecule has 0 amide bonds. The number of carbonyl (C=O) groups excluding carboxylic acids is 1. The molecule has 0 unspecified atom stereocenters. The zero-order valence-electron chi connectivity index (χ0n) is 12.4. The smallest absolute Gasteiger partial charge is 0.302 e. The Bertz CT molecular complexity index is 1130. The fourth-order valence-corrected chi connectivity index (χ4v) is 3.29. The van der Waals surface area contributed by atoms with Gasteiger partial charge in [-0.2, -0.15) is 16.8 Å². The maximum absolute atomic E-state index is 12.4. The lowest BCUT2D eigenvalue weighted by Crippen LogP contribution is -2.08. The summed E-state index contributed by atoms with van der Waals surface area (Å²) in [6.07, 6.45) is 0. The van der Waals surface area contributed by atoms with E-state index in [0.717, 1.165) is 18.2 Å². The van der Waals surface area contributed by atoms with Crippen LogP contribution < -0.4 is 0 Å². The van der Waals surface area contributed by atoms with Gasteiger partial charge in [-0.15, -0.1) is 0 Å². The Morgan fingerprint density at radius 2 is 1.35 bits per heavy atom. The first kappa shape index (κ1) is 19.5. The molecule has 0 spiro atoms. The summed E-state index contributed by atoms with van der Waals surface area (Å²) in [7, 11) is -10.0. The minimum absolute atomic E-state index is 0.544. The molecule has 0 saturated carbocycles. The van der Waals surface area contributed by atoms with Crippen LogP contribution in [0.25, 0.3) is 0 Å². The maximum atomic E-state index is 12.4. The van der Waals surface area contributed by atoms with Crippen LogP contribution in [0.2, 0.25) is 0 Å². The lowest BCUT2D eigenvalue weighted by Gasteiger charge is -2.13. The van der Waals surface area contributed by atoms with Gasteiger partial charge in [0.1, 0.15) is 5.56 Å². The molecule has 0 aliphatic carbocycles. The average molecular weight is 406 g/mol. The summed E-state index contributed by atoms with van der Waals surface area (Å²) in [5.74, 6) is -7.52. The molecule has 0 aliphatic heterocycles. The van der Waals surface area contributed by atoms with Gasteiger partial charge in [-0.3, -0.25) is 13.9 Å². The molecule has 0 atom stereocenters. The van der Waals surface area contributed by atoms with Crippen molar-refractivity contribution in [1.29, 1.82) is 0 Å². The quantitative estimate of drug-likeness (QED) is 0.175. The van der Waals surface area contributed by atoms with Crippen LogP contribution >= 0.6 is 0 Å². The first-order valence-electron chi connectivity index (χ1n) is 6.36. The molecule has 6 N–H and O–H groups in total. The van der Waals surface area contributed by atoms with Gasteiger partial charge < -0.3 is 20.4 Å². The van der Waals surface area contributed by atoms with E-state index in [-0.39, 0.29) is 0 Å². The van der Waals surface area contributed by atoms with Crippen molar-refractivity contribution >= 4 is 26.0 Å². The van der Waals surface area contributed by atoms with Gasteiger partial charge in [0.15, 0.2) is 22.1 Å². The van der Waals surface area contributed by atoms with Gasteiger partial charge in [0.05, 0.1) is 4.90 Å². The SMILES string of the molecule is O=C(c1cccc(S(=O)(=O)O)c1)c1c(O)c(O)c(O)c(S(=O)(=O)O)c1O. The van der Waals surface area contributed by atoms with Crippen molar-refractivity contribution in [2.24, 2.45) is 0 Å². The van der Waals surface area contributed by atoms with Crippen LogP contribution in [-0.2, 0) is 20.2 Å². The van der Waals surface area contributed by atoms with Crippen LogP contribution in [0.15, 0.2) is 34.1 Å². The van der Waals surface area contributed by atoms with E-state index in [1.807, 2.05) is 0 Å². The summed E-state index contributed by atoms with van der Waals surface area (Å²) in [6.45, 7) is 0. The molecule has 0 radical (unpaired) electrons. The van der Waals surface area contributed by atoms with Crippen LogP contribution in [0.5, 0.6) is 23.0 Å². The van der Waals surface area contributed by atoms with Crippen molar-refractivity contribution < 1.29 is 51.2 Å². The van der Waals surface area contributed by atoms with Crippen LogP contribution in [0.3, 0.4) is 0 Å². The topological polar surface area (TPSA) is 207 Å². The summed E-state index contributed by atoms with van der Waals surface area (Å²) in [4.78, 5) is 10.1.